The number of hydrogen-bond donors (Lipinski definition) is 1. The first-order chi connectivity index (χ1) is 13.7. The lowest BCUT2D eigenvalue weighted by Gasteiger charge is -2.24. The van der Waals surface area contributed by atoms with Crippen molar-refractivity contribution in [2.75, 3.05) is 39.4 Å². The van der Waals surface area contributed by atoms with Crippen LogP contribution in [0.2, 0.25) is 0 Å². The number of hydrogen-bond acceptors (Lipinski definition) is 4. The summed E-state index contributed by atoms with van der Waals surface area (Å²) in [5.41, 5.74) is 3.52. The summed E-state index contributed by atoms with van der Waals surface area (Å²) in [5, 5.41) is 3.44. The molecular formula is C22H30N4O2. The second-order valence-corrected chi connectivity index (χ2v) is 7.97. The zero-order chi connectivity index (χ0) is 19.4. The van der Waals surface area contributed by atoms with Crippen LogP contribution in [0.5, 0.6) is 0 Å². The molecule has 0 saturated carbocycles. The first kappa shape index (κ1) is 19.0. The molecule has 3 heterocycles. The van der Waals surface area contributed by atoms with Crippen molar-refractivity contribution in [3.05, 3.63) is 41.8 Å². The summed E-state index contributed by atoms with van der Waals surface area (Å²) in [4.78, 5) is 11.9. The Morgan fingerprint density at radius 3 is 2.89 bits per heavy atom. The fourth-order valence-electron chi connectivity index (χ4n) is 4.04. The molecule has 150 valence electrons. The summed E-state index contributed by atoms with van der Waals surface area (Å²) in [6, 6.07) is 8.24. The highest BCUT2D eigenvalue weighted by Gasteiger charge is 2.42. The molecule has 2 aromatic rings. The SMILES string of the molecule is CCNC(=NCCc1coc(-c2ccc(C)cc2)n1)N1CCC2(CCOC2)C1. The Morgan fingerprint density at radius 2 is 2.14 bits per heavy atom. The number of aromatic nitrogens is 1. The third kappa shape index (κ3) is 4.22. The molecule has 28 heavy (non-hydrogen) atoms. The van der Waals surface area contributed by atoms with E-state index >= 15 is 0 Å². The second kappa shape index (κ2) is 8.35. The average molecular weight is 383 g/mol. The molecule has 0 bridgehead atoms. The standard InChI is InChI=1S/C22H30N4O2/c1-3-23-21(26-12-9-22(15-26)10-13-27-16-22)24-11-8-19-14-28-20(25-19)18-6-4-17(2)5-7-18/h4-7,14H,3,8-13,15-16H2,1-2H3,(H,23,24). The molecule has 4 rings (SSSR count). The molecule has 1 aromatic carbocycles. The van der Waals surface area contributed by atoms with Gasteiger partial charge in [0.25, 0.3) is 0 Å². The van der Waals surface area contributed by atoms with Gasteiger partial charge >= 0.3 is 0 Å². The van der Waals surface area contributed by atoms with Crippen LogP contribution in [0.25, 0.3) is 11.5 Å². The van der Waals surface area contributed by atoms with Crippen LogP contribution in [-0.2, 0) is 11.2 Å². The highest BCUT2D eigenvalue weighted by molar-refractivity contribution is 5.80. The van der Waals surface area contributed by atoms with Crippen LogP contribution in [-0.4, -0.2) is 55.2 Å². The average Bonchev–Trinajstić information content (AvgIpc) is 3.45. The molecule has 0 amide bonds. The zero-order valence-corrected chi connectivity index (χ0v) is 16.9. The Kier molecular flexibility index (Phi) is 5.67. The van der Waals surface area contributed by atoms with Crippen LogP contribution in [0.4, 0.5) is 0 Å². The van der Waals surface area contributed by atoms with Crippen LogP contribution in [0.1, 0.15) is 31.0 Å². The molecule has 6 nitrogen and oxygen atoms in total. The monoisotopic (exact) mass is 382 g/mol. The van der Waals surface area contributed by atoms with Crippen molar-refractivity contribution in [3.8, 4) is 11.5 Å². The lowest BCUT2D eigenvalue weighted by atomic mass is 9.87. The van der Waals surface area contributed by atoms with Crippen molar-refractivity contribution in [2.45, 2.75) is 33.1 Å². The van der Waals surface area contributed by atoms with Crippen molar-refractivity contribution in [3.63, 3.8) is 0 Å². The number of nitrogens with zero attached hydrogens (tertiary/aromatic N) is 3. The van der Waals surface area contributed by atoms with Gasteiger partial charge in [0.15, 0.2) is 5.96 Å². The number of benzene rings is 1. The van der Waals surface area contributed by atoms with Crippen molar-refractivity contribution >= 4 is 5.96 Å². The molecule has 0 radical (unpaired) electrons. The Morgan fingerprint density at radius 1 is 1.29 bits per heavy atom. The molecular weight excluding hydrogens is 352 g/mol. The fourth-order valence-corrected chi connectivity index (χ4v) is 4.04. The molecule has 1 atom stereocenters. The number of guanidine groups is 1. The van der Waals surface area contributed by atoms with E-state index in [9.17, 15) is 0 Å². The summed E-state index contributed by atoms with van der Waals surface area (Å²) < 4.78 is 11.3. The van der Waals surface area contributed by atoms with Crippen LogP contribution < -0.4 is 5.32 Å². The van der Waals surface area contributed by atoms with Gasteiger partial charge in [0.2, 0.25) is 5.89 Å². The minimum Gasteiger partial charge on any atom is -0.444 e. The summed E-state index contributed by atoms with van der Waals surface area (Å²) in [6.45, 7) is 9.65. The van der Waals surface area contributed by atoms with Crippen molar-refractivity contribution in [1.82, 2.24) is 15.2 Å². The maximum Gasteiger partial charge on any atom is 0.226 e. The van der Waals surface area contributed by atoms with Gasteiger partial charge in [0.05, 0.1) is 12.3 Å². The van der Waals surface area contributed by atoms with Crippen LogP contribution in [0, 0.1) is 12.3 Å². The molecule has 2 saturated heterocycles. The molecule has 1 unspecified atom stereocenters. The number of likely N-dealkylation sites (tertiary alicyclic amines) is 1. The molecule has 0 aliphatic carbocycles. The van der Waals surface area contributed by atoms with Gasteiger partial charge in [-0.2, -0.15) is 0 Å². The third-order valence-corrected chi connectivity index (χ3v) is 5.74. The van der Waals surface area contributed by atoms with E-state index in [1.165, 1.54) is 18.4 Å². The number of oxazole rings is 1. The zero-order valence-electron chi connectivity index (χ0n) is 16.9. The van der Waals surface area contributed by atoms with E-state index in [2.05, 4.69) is 41.2 Å². The molecule has 1 N–H and O–H groups in total. The van der Waals surface area contributed by atoms with Crippen molar-refractivity contribution < 1.29 is 9.15 Å². The van der Waals surface area contributed by atoms with Gasteiger partial charge in [0.1, 0.15) is 6.26 Å². The van der Waals surface area contributed by atoms with E-state index in [1.54, 1.807) is 6.26 Å². The largest absolute Gasteiger partial charge is 0.444 e. The van der Waals surface area contributed by atoms with E-state index in [1.807, 2.05) is 12.1 Å². The number of aliphatic imine (C=N–C) groups is 1. The molecule has 6 heteroatoms. The quantitative estimate of drug-likeness (QED) is 0.635. The Hall–Kier alpha value is -2.34. The highest BCUT2D eigenvalue weighted by atomic mass is 16.5. The smallest absolute Gasteiger partial charge is 0.226 e. The Bertz CT molecular complexity index is 806. The first-order valence-electron chi connectivity index (χ1n) is 10.3. The van der Waals surface area contributed by atoms with E-state index in [-0.39, 0.29) is 0 Å². The predicted octanol–water partition coefficient (Wildman–Crippen LogP) is 3.27. The lowest BCUT2D eigenvalue weighted by molar-refractivity contribution is 0.156. The first-order valence-corrected chi connectivity index (χ1v) is 10.3. The normalized spacial score (nSPS) is 22.4. The van der Waals surface area contributed by atoms with Gasteiger partial charge in [-0.25, -0.2) is 4.98 Å². The minimum atomic E-state index is 0.339. The molecule has 2 fully saturated rings. The maximum absolute atomic E-state index is 5.66. The van der Waals surface area contributed by atoms with Crippen molar-refractivity contribution in [2.24, 2.45) is 10.4 Å². The lowest BCUT2D eigenvalue weighted by Crippen LogP contribution is -2.41. The topological polar surface area (TPSA) is 62.9 Å². The Balaban J connectivity index is 1.36. The summed E-state index contributed by atoms with van der Waals surface area (Å²) in [5.74, 6) is 1.68. The Labute approximate surface area is 167 Å². The highest BCUT2D eigenvalue weighted by Crippen LogP contribution is 2.38. The molecule has 2 aliphatic rings. The minimum absolute atomic E-state index is 0.339. The van der Waals surface area contributed by atoms with Crippen LogP contribution >= 0.6 is 0 Å². The molecule has 1 spiro atoms. The van der Waals surface area contributed by atoms with Gasteiger partial charge in [0, 0.05) is 50.2 Å². The second-order valence-electron chi connectivity index (χ2n) is 7.97. The summed E-state index contributed by atoms with van der Waals surface area (Å²) >= 11 is 0. The molecule has 1 aromatic heterocycles. The third-order valence-electron chi connectivity index (χ3n) is 5.74. The number of nitrogens with one attached hydrogen (secondary N) is 1. The number of aryl methyl sites for hydroxylation is 1. The number of ether oxygens (including phenoxy) is 1. The van der Waals surface area contributed by atoms with E-state index in [4.69, 9.17) is 14.1 Å². The predicted molar refractivity (Wildman–Crippen MR) is 110 cm³/mol. The van der Waals surface area contributed by atoms with Gasteiger partial charge in [-0.1, -0.05) is 17.7 Å². The van der Waals surface area contributed by atoms with Crippen LogP contribution in [0.15, 0.2) is 39.9 Å². The van der Waals surface area contributed by atoms with Gasteiger partial charge < -0.3 is 19.4 Å². The molecule has 2 aliphatic heterocycles. The fraction of sp³-hybridized carbons (Fsp3) is 0.545. The van der Waals surface area contributed by atoms with Gasteiger partial charge in [-0.05, 0) is 38.8 Å². The maximum atomic E-state index is 5.66. The van der Waals surface area contributed by atoms with E-state index in [0.29, 0.717) is 17.9 Å². The van der Waals surface area contributed by atoms with Crippen molar-refractivity contribution in [1.29, 1.82) is 0 Å². The van der Waals surface area contributed by atoms with Gasteiger partial charge in [-0.15, -0.1) is 0 Å². The summed E-state index contributed by atoms with van der Waals surface area (Å²) in [7, 11) is 0. The van der Waals surface area contributed by atoms with E-state index < -0.39 is 0 Å². The van der Waals surface area contributed by atoms with E-state index in [0.717, 1.165) is 56.5 Å². The summed E-state index contributed by atoms with van der Waals surface area (Å²) in [6.07, 6.45) is 4.88. The van der Waals surface area contributed by atoms with Crippen LogP contribution in [0.3, 0.4) is 0 Å². The van der Waals surface area contributed by atoms with Gasteiger partial charge in [-0.3, -0.25) is 4.99 Å². The number of rotatable bonds is 5.